The summed E-state index contributed by atoms with van der Waals surface area (Å²) in [7, 11) is 1.49. The van der Waals surface area contributed by atoms with Crippen molar-refractivity contribution in [2.75, 3.05) is 13.7 Å². The van der Waals surface area contributed by atoms with E-state index in [2.05, 4.69) is 10.1 Å². The molecule has 0 aliphatic carbocycles. The lowest BCUT2D eigenvalue weighted by Crippen LogP contribution is -2.19. The molecule has 0 aliphatic rings. The summed E-state index contributed by atoms with van der Waals surface area (Å²) >= 11 is 0. The fourth-order valence-electron chi connectivity index (χ4n) is 1.26. The van der Waals surface area contributed by atoms with Crippen molar-refractivity contribution in [3.05, 3.63) is 41.5 Å². The van der Waals surface area contributed by atoms with Gasteiger partial charge in [0.05, 0.1) is 0 Å². The molecule has 0 fully saturated rings. The number of nitrogens with one attached hydrogen (secondary N) is 1. The molecular formula is C13H12F3NO3. The first-order chi connectivity index (χ1) is 9.31. The van der Waals surface area contributed by atoms with E-state index in [1.807, 2.05) is 0 Å². The van der Waals surface area contributed by atoms with Crippen LogP contribution in [-0.2, 0) is 9.53 Å². The lowest BCUT2D eigenvalue weighted by molar-refractivity contribution is -0.182. The van der Waals surface area contributed by atoms with Gasteiger partial charge in [-0.3, -0.25) is 4.79 Å². The maximum atomic E-state index is 11.8. The first-order valence-corrected chi connectivity index (χ1v) is 5.55. The van der Waals surface area contributed by atoms with Crippen molar-refractivity contribution in [3.63, 3.8) is 0 Å². The molecule has 7 heteroatoms. The highest BCUT2D eigenvalue weighted by atomic mass is 19.4. The van der Waals surface area contributed by atoms with Gasteiger partial charge in [-0.2, -0.15) is 13.2 Å². The van der Waals surface area contributed by atoms with Crippen molar-refractivity contribution in [2.45, 2.75) is 6.18 Å². The van der Waals surface area contributed by atoms with Crippen LogP contribution in [-0.4, -0.2) is 31.7 Å². The van der Waals surface area contributed by atoms with Gasteiger partial charge in [-0.25, -0.2) is 4.79 Å². The van der Waals surface area contributed by atoms with Crippen LogP contribution in [0.2, 0.25) is 0 Å². The molecule has 1 N–H and O–H groups in total. The minimum absolute atomic E-state index is 0.259. The fraction of sp³-hybridized carbons (Fsp3) is 0.231. The van der Waals surface area contributed by atoms with E-state index in [0.717, 1.165) is 6.08 Å². The van der Waals surface area contributed by atoms with Gasteiger partial charge in [0.2, 0.25) is 0 Å². The highest BCUT2D eigenvalue weighted by Gasteiger charge is 2.29. The van der Waals surface area contributed by atoms with Gasteiger partial charge in [0.1, 0.15) is 0 Å². The van der Waals surface area contributed by atoms with Gasteiger partial charge in [0.15, 0.2) is 6.61 Å². The first kappa shape index (κ1) is 15.7. The number of esters is 1. The van der Waals surface area contributed by atoms with Gasteiger partial charge in [-0.05, 0) is 23.8 Å². The van der Waals surface area contributed by atoms with Crippen molar-refractivity contribution >= 4 is 18.0 Å². The Balaban J connectivity index is 2.58. The SMILES string of the molecule is CNC(=O)c1ccc(/C=C/C(=O)OCC(F)(F)F)cc1. The number of benzene rings is 1. The molecule has 1 aromatic carbocycles. The predicted octanol–water partition coefficient (Wildman–Crippen LogP) is 2.16. The molecule has 0 heterocycles. The zero-order valence-corrected chi connectivity index (χ0v) is 10.5. The molecule has 108 valence electrons. The van der Waals surface area contributed by atoms with Crippen LogP contribution >= 0.6 is 0 Å². The molecule has 0 saturated heterocycles. The standard InChI is InChI=1S/C13H12F3NO3/c1-17-12(19)10-5-2-9(3-6-10)4-7-11(18)20-8-13(14,15)16/h2-7H,8H2,1H3,(H,17,19)/b7-4+. The van der Waals surface area contributed by atoms with Crippen LogP contribution in [0.15, 0.2) is 30.3 Å². The smallest absolute Gasteiger partial charge is 0.422 e. The Labute approximate surface area is 113 Å². The third-order valence-corrected chi connectivity index (χ3v) is 2.19. The maximum absolute atomic E-state index is 11.8. The summed E-state index contributed by atoms with van der Waals surface area (Å²) in [6, 6.07) is 6.16. The second-order valence-electron chi connectivity index (χ2n) is 3.76. The van der Waals surface area contributed by atoms with Crippen LogP contribution in [0.5, 0.6) is 0 Å². The summed E-state index contributed by atoms with van der Waals surface area (Å²) in [5.74, 6) is -1.34. The number of alkyl halides is 3. The summed E-state index contributed by atoms with van der Waals surface area (Å²) in [6.07, 6.45) is -2.36. The van der Waals surface area contributed by atoms with Gasteiger partial charge >= 0.3 is 12.1 Å². The van der Waals surface area contributed by atoms with E-state index >= 15 is 0 Å². The minimum Gasteiger partial charge on any atom is -0.453 e. The quantitative estimate of drug-likeness (QED) is 0.682. The summed E-state index contributed by atoms with van der Waals surface area (Å²) in [6.45, 7) is -1.62. The normalized spacial score (nSPS) is 11.4. The van der Waals surface area contributed by atoms with Crippen LogP contribution in [0, 0.1) is 0 Å². The Morgan fingerprint density at radius 1 is 1.25 bits per heavy atom. The Morgan fingerprint density at radius 2 is 1.85 bits per heavy atom. The van der Waals surface area contributed by atoms with E-state index in [0.29, 0.717) is 11.1 Å². The first-order valence-electron chi connectivity index (χ1n) is 5.55. The number of hydrogen-bond acceptors (Lipinski definition) is 3. The van der Waals surface area contributed by atoms with Gasteiger partial charge in [-0.15, -0.1) is 0 Å². The van der Waals surface area contributed by atoms with Crippen LogP contribution < -0.4 is 5.32 Å². The van der Waals surface area contributed by atoms with Crippen LogP contribution in [0.4, 0.5) is 13.2 Å². The number of ether oxygens (including phenoxy) is 1. The van der Waals surface area contributed by atoms with Gasteiger partial charge in [0, 0.05) is 18.7 Å². The largest absolute Gasteiger partial charge is 0.453 e. The van der Waals surface area contributed by atoms with E-state index in [9.17, 15) is 22.8 Å². The highest BCUT2D eigenvalue weighted by molar-refractivity contribution is 5.94. The zero-order chi connectivity index (χ0) is 15.2. The lowest BCUT2D eigenvalue weighted by atomic mass is 10.1. The number of halogens is 3. The van der Waals surface area contributed by atoms with Crippen LogP contribution in [0.3, 0.4) is 0 Å². The van der Waals surface area contributed by atoms with Crippen LogP contribution in [0.1, 0.15) is 15.9 Å². The van der Waals surface area contributed by atoms with Gasteiger partial charge < -0.3 is 10.1 Å². The summed E-state index contributed by atoms with van der Waals surface area (Å²) in [5.41, 5.74) is 0.992. The number of rotatable bonds is 4. The van der Waals surface area contributed by atoms with Crippen molar-refractivity contribution < 1.29 is 27.5 Å². The number of amides is 1. The Hall–Kier alpha value is -2.31. The molecule has 0 radical (unpaired) electrons. The molecule has 0 atom stereocenters. The Bertz CT molecular complexity index is 507. The molecular weight excluding hydrogens is 275 g/mol. The lowest BCUT2D eigenvalue weighted by Gasteiger charge is -2.05. The molecule has 1 rings (SSSR count). The number of hydrogen-bond donors (Lipinski definition) is 1. The molecule has 0 aliphatic heterocycles. The second kappa shape index (κ2) is 6.74. The van der Waals surface area contributed by atoms with E-state index in [1.165, 1.54) is 25.3 Å². The third kappa shape index (κ3) is 5.55. The Morgan fingerprint density at radius 3 is 2.35 bits per heavy atom. The molecule has 1 amide bonds. The van der Waals surface area contributed by atoms with E-state index in [-0.39, 0.29) is 5.91 Å². The monoisotopic (exact) mass is 287 g/mol. The second-order valence-corrected chi connectivity index (χ2v) is 3.76. The number of carbonyl (C=O) groups is 2. The topological polar surface area (TPSA) is 55.4 Å². The van der Waals surface area contributed by atoms with Crippen molar-refractivity contribution in [2.24, 2.45) is 0 Å². The fourth-order valence-corrected chi connectivity index (χ4v) is 1.26. The summed E-state index contributed by atoms with van der Waals surface area (Å²) in [5, 5.41) is 2.44. The molecule has 4 nitrogen and oxygen atoms in total. The zero-order valence-electron chi connectivity index (χ0n) is 10.5. The molecule has 0 aromatic heterocycles. The molecule has 0 unspecified atom stereocenters. The maximum Gasteiger partial charge on any atom is 0.422 e. The summed E-state index contributed by atoms with van der Waals surface area (Å²) in [4.78, 5) is 22.3. The highest BCUT2D eigenvalue weighted by Crippen LogP contribution is 2.14. The predicted molar refractivity (Wildman–Crippen MR) is 65.9 cm³/mol. The number of carbonyl (C=O) groups excluding carboxylic acids is 2. The van der Waals surface area contributed by atoms with Gasteiger partial charge in [-0.1, -0.05) is 12.1 Å². The van der Waals surface area contributed by atoms with E-state index in [1.54, 1.807) is 12.1 Å². The minimum atomic E-state index is -4.54. The molecule has 0 saturated carbocycles. The van der Waals surface area contributed by atoms with Crippen LogP contribution in [0.25, 0.3) is 6.08 Å². The molecule has 20 heavy (non-hydrogen) atoms. The van der Waals surface area contributed by atoms with Crippen molar-refractivity contribution in [1.29, 1.82) is 0 Å². The molecule has 0 bridgehead atoms. The molecule has 0 spiro atoms. The van der Waals surface area contributed by atoms with E-state index < -0.39 is 18.8 Å². The molecule has 1 aromatic rings. The van der Waals surface area contributed by atoms with Crippen molar-refractivity contribution in [1.82, 2.24) is 5.32 Å². The van der Waals surface area contributed by atoms with Crippen molar-refractivity contribution in [3.8, 4) is 0 Å². The average molecular weight is 287 g/mol. The summed E-state index contributed by atoms with van der Waals surface area (Å²) < 4.78 is 39.4. The Kier molecular flexibility index (Phi) is 5.31. The average Bonchev–Trinajstić information content (AvgIpc) is 2.41. The third-order valence-electron chi connectivity index (χ3n) is 2.19. The van der Waals surface area contributed by atoms with Gasteiger partial charge in [0.25, 0.3) is 5.91 Å². The van der Waals surface area contributed by atoms with E-state index in [4.69, 9.17) is 0 Å².